The van der Waals surface area contributed by atoms with Crippen molar-refractivity contribution in [3.05, 3.63) is 64.9 Å². The van der Waals surface area contributed by atoms with Crippen LogP contribution in [-0.4, -0.2) is 44.4 Å². The van der Waals surface area contributed by atoms with E-state index >= 15 is 0 Å². The monoisotopic (exact) mass is 480 g/mol. The Morgan fingerprint density at radius 1 is 1.18 bits per heavy atom. The quantitative estimate of drug-likeness (QED) is 0.475. The molecule has 9 heteroatoms. The average Bonchev–Trinajstić information content (AvgIpc) is 3.27. The van der Waals surface area contributed by atoms with Gasteiger partial charge >= 0.3 is 0 Å². The molecule has 0 spiro atoms. The second-order valence-corrected chi connectivity index (χ2v) is 9.28. The lowest BCUT2D eigenvalue weighted by atomic mass is 10.1. The summed E-state index contributed by atoms with van der Waals surface area (Å²) < 4.78 is 2.05. The first-order valence-corrected chi connectivity index (χ1v) is 12.3. The number of hydrogen-bond donors (Lipinski definition) is 1. The van der Waals surface area contributed by atoms with Crippen molar-refractivity contribution in [1.82, 2.24) is 19.7 Å². The third-order valence-corrected chi connectivity index (χ3v) is 6.93. The van der Waals surface area contributed by atoms with Crippen molar-refractivity contribution in [2.45, 2.75) is 37.4 Å². The van der Waals surface area contributed by atoms with E-state index in [9.17, 15) is 4.79 Å². The first-order valence-electron chi connectivity index (χ1n) is 10.9. The van der Waals surface area contributed by atoms with E-state index in [1.807, 2.05) is 36.4 Å². The van der Waals surface area contributed by atoms with Crippen LogP contribution in [0.15, 0.2) is 53.7 Å². The maximum Gasteiger partial charge on any atom is 0.234 e. The summed E-state index contributed by atoms with van der Waals surface area (Å²) in [5.41, 5.74) is 1.90. The van der Waals surface area contributed by atoms with Gasteiger partial charge in [0.25, 0.3) is 0 Å². The Morgan fingerprint density at radius 3 is 2.64 bits per heavy atom. The molecule has 1 unspecified atom stereocenters. The van der Waals surface area contributed by atoms with Crippen molar-refractivity contribution in [1.29, 1.82) is 5.26 Å². The summed E-state index contributed by atoms with van der Waals surface area (Å²) in [4.78, 5) is 15.0. The fourth-order valence-corrected chi connectivity index (χ4v) is 4.93. The van der Waals surface area contributed by atoms with Crippen LogP contribution in [0.1, 0.15) is 43.6 Å². The molecule has 2 aromatic carbocycles. The number of halogens is 1. The molecule has 0 radical (unpaired) electrons. The van der Waals surface area contributed by atoms with Gasteiger partial charge in [-0.3, -0.25) is 14.3 Å². The van der Waals surface area contributed by atoms with E-state index < -0.39 is 0 Å². The minimum Gasteiger partial charge on any atom is -0.325 e. The number of nitrogens with zero attached hydrogens (tertiary/aromatic N) is 5. The molecule has 1 aliphatic rings. The standard InChI is InChI=1S/C24H25ClN6OS/c1-17(30-12-6-3-7-13-30)23-28-29-24(31(23)20-8-4-2-5-9-20)33-16-22(32)27-19-11-10-18(15-26)21(25)14-19/h2,4-5,8-11,14,17H,3,6-7,12-13,16H2,1H3,(H,27,32). The second-order valence-electron chi connectivity index (χ2n) is 7.93. The molecule has 33 heavy (non-hydrogen) atoms. The molecule has 0 bridgehead atoms. The number of likely N-dealkylation sites (tertiary alicyclic amines) is 1. The Hall–Kier alpha value is -2.86. The summed E-state index contributed by atoms with van der Waals surface area (Å²) in [7, 11) is 0. The molecule has 1 amide bonds. The number of rotatable bonds is 7. The Kier molecular flexibility index (Phi) is 7.65. The van der Waals surface area contributed by atoms with Crippen molar-refractivity contribution < 1.29 is 4.79 Å². The van der Waals surface area contributed by atoms with Crippen LogP contribution in [0.4, 0.5) is 5.69 Å². The van der Waals surface area contributed by atoms with Gasteiger partial charge < -0.3 is 5.32 Å². The van der Waals surface area contributed by atoms with Gasteiger partial charge in [0.05, 0.1) is 22.4 Å². The minimum atomic E-state index is -0.186. The van der Waals surface area contributed by atoms with Crippen LogP contribution >= 0.6 is 23.4 Å². The van der Waals surface area contributed by atoms with Crippen molar-refractivity contribution in [3.8, 4) is 11.8 Å². The number of carbonyl (C=O) groups excluding carboxylic acids is 1. The summed E-state index contributed by atoms with van der Waals surface area (Å²) in [6.07, 6.45) is 3.67. The highest BCUT2D eigenvalue weighted by Gasteiger charge is 2.25. The molecule has 1 aromatic heterocycles. The maximum absolute atomic E-state index is 12.6. The van der Waals surface area contributed by atoms with Crippen molar-refractivity contribution in [2.24, 2.45) is 0 Å². The molecule has 4 rings (SSSR count). The third-order valence-electron chi connectivity index (χ3n) is 5.69. The highest BCUT2D eigenvalue weighted by atomic mass is 35.5. The number of aromatic nitrogens is 3. The highest BCUT2D eigenvalue weighted by molar-refractivity contribution is 7.99. The fourth-order valence-electron chi connectivity index (χ4n) is 3.94. The van der Waals surface area contributed by atoms with E-state index in [1.54, 1.807) is 18.2 Å². The van der Waals surface area contributed by atoms with Gasteiger partial charge in [0.15, 0.2) is 11.0 Å². The van der Waals surface area contributed by atoms with Gasteiger partial charge in [0.2, 0.25) is 5.91 Å². The van der Waals surface area contributed by atoms with Gasteiger partial charge in [-0.1, -0.05) is 48.0 Å². The molecule has 2 heterocycles. The maximum atomic E-state index is 12.6. The first kappa shape index (κ1) is 23.3. The number of piperidine rings is 1. The lowest BCUT2D eigenvalue weighted by molar-refractivity contribution is -0.113. The van der Waals surface area contributed by atoms with Gasteiger partial charge in [-0.25, -0.2) is 0 Å². The number of anilines is 1. The minimum absolute atomic E-state index is 0.127. The van der Waals surface area contributed by atoms with E-state index in [0.29, 0.717) is 21.4 Å². The van der Waals surface area contributed by atoms with E-state index in [2.05, 4.69) is 31.9 Å². The second kappa shape index (κ2) is 10.8. The Bertz CT molecular complexity index is 1150. The summed E-state index contributed by atoms with van der Waals surface area (Å²) in [6, 6.07) is 17.0. The SMILES string of the molecule is CC(c1nnc(SCC(=O)Nc2ccc(C#N)c(Cl)c2)n1-c1ccccc1)N1CCCCC1. The number of carbonyl (C=O) groups is 1. The van der Waals surface area contributed by atoms with Crippen molar-refractivity contribution >= 4 is 35.0 Å². The van der Waals surface area contributed by atoms with Crippen LogP contribution in [0.25, 0.3) is 5.69 Å². The lowest BCUT2D eigenvalue weighted by Crippen LogP contribution is -2.33. The van der Waals surface area contributed by atoms with Gasteiger partial charge in [-0.2, -0.15) is 5.26 Å². The van der Waals surface area contributed by atoms with Gasteiger partial charge in [0, 0.05) is 11.4 Å². The number of benzene rings is 2. The van der Waals surface area contributed by atoms with Crippen LogP contribution in [0.5, 0.6) is 0 Å². The van der Waals surface area contributed by atoms with E-state index in [1.165, 1.54) is 31.0 Å². The van der Waals surface area contributed by atoms with Gasteiger partial charge in [0.1, 0.15) is 6.07 Å². The predicted molar refractivity (Wildman–Crippen MR) is 131 cm³/mol. The van der Waals surface area contributed by atoms with Crippen LogP contribution in [0.2, 0.25) is 5.02 Å². The zero-order chi connectivity index (χ0) is 23.2. The fraction of sp³-hybridized carbons (Fsp3) is 0.333. The summed E-state index contributed by atoms with van der Waals surface area (Å²) in [5.74, 6) is 0.861. The molecule has 170 valence electrons. The predicted octanol–water partition coefficient (Wildman–Crippen LogP) is 5.07. The molecular formula is C24H25ClN6OS. The van der Waals surface area contributed by atoms with Crippen LogP contribution in [-0.2, 0) is 4.79 Å². The normalized spacial score (nSPS) is 15.1. The number of para-hydroxylation sites is 1. The molecule has 3 aromatic rings. The Balaban J connectivity index is 1.51. The van der Waals surface area contributed by atoms with Crippen molar-refractivity contribution in [2.75, 3.05) is 24.2 Å². The van der Waals surface area contributed by atoms with Crippen LogP contribution in [0.3, 0.4) is 0 Å². The zero-order valence-corrected chi connectivity index (χ0v) is 19.9. The van der Waals surface area contributed by atoms with Crippen LogP contribution in [0, 0.1) is 11.3 Å². The zero-order valence-electron chi connectivity index (χ0n) is 18.4. The summed E-state index contributed by atoms with van der Waals surface area (Å²) in [6.45, 7) is 4.28. The molecule has 1 N–H and O–H groups in total. The number of nitriles is 1. The smallest absolute Gasteiger partial charge is 0.234 e. The Morgan fingerprint density at radius 2 is 1.94 bits per heavy atom. The number of thioether (sulfide) groups is 1. The molecule has 0 saturated carbocycles. The van der Waals surface area contributed by atoms with Crippen LogP contribution < -0.4 is 5.32 Å². The highest BCUT2D eigenvalue weighted by Crippen LogP contribution is 2.29. The van der Waals surface area contributed by atoms with E-state index in [-0.39, 0.29) is 17.7 Å². The number of hydrogen-bond acceptors (Lipinski definition) is 6. The van der Waals surface area contributed by atoms with E-state index in [4.69, 9.17) is 16.9 Å². The summed E-state index contributed by atoms with van der Waals surface area (Å²) in [5, 5.41) is 21.8. The average molecular weight is 481 g/mol. The topological polar surface area (TPSA) is 86.8 Å². The molecule has 0 aliphatic carbocycles. The number of amides is 1. The summed E-state index contributed by atoms with van der Waals surface area (Å²) >= 11 is 7.41. The molecule has 1 atom stereocenters. The first-order chi connectivity index (χ1) is 16.1. The molecule has 1 saturated heterocycles. The molecular weight excluding hydrogens is 456 g/mol. The molecule has 1 fully saturated rings. The Labute approximate surface area is 202 Å². The van der Waals surface area contributed by atoms with Gasteiger partial charge in [-0.15, -0.1) is 10.2 Å². The lowest BCUT2D eigenvalue weighted by Gasteiger charge is -2.31. The van der Waals surface area contributed by atoms with Crippen molar-refractivity contribution in [3.63, 3.8) is 0 Å². The van der Waals surface area contributed by atoms with E-state index in [0.717, 1.165) is 24.6 Å². The largest absolute Gasteiger partial charge is 0.325 e. The molecule has 1 aliphatic heterocycles. The van der Waals surface area contributed by atoms with Gasteiger partial charge in [-0.05, 0) is 63.2 Å². The molecule has 7 nitrogen and oxygen atoms in total. The third kappa shape index (κ3) is 5.56. The number of nitrogens with one attached hydrogen (secondary N) is 1.